The third kappa shape index (κ3) is 28.3. The summed E-state index contributed by atoms with van der Waals surface area (Å²) in [6.45, 7) is 3.82. The lowest BCUT2D eigenvalue weighted by atomic mass is 9.87. The highest BCUT2D eigenvalue weighted by Crippen LogP contribution is 2.29. The second kappa shape index (κ2) is 34.7. The molecule has 4 N–H and O–H groups in total. The van der Waals surface area contributed by atoms with Gasteiger partial charge in [0.25, 0.3) is 0 Å². The van der Waals surface area contributed by atoms with E-state index in [-0.39, 0.29) is 31.3 Å². The second-order valence-corrected chi connectivity index (χ2v) is 15.3. The van der Waals surface area contributed by atoms with Gasteiger partial charge in [-0.25, -0.2) is 0 Å². The number of unbranched alkanes of at least 4 members (excludes halogenated alkanes) is 20. The van der Waals surface area contributed by atoms with Gasteiger partial charge in [-0.1, -0.05) is 167 Å². The lowest BCUT2D eigenvalue weighted by molar-refractivity contribution is -0.199. The maximum absolute atomic E-state index is 12.3. The molecule has 1 unspecified atom stereocenters. The second-order valence-electron chi connectivity index (χ2n) is 15.3. The Kier molecular flexibility index (Phi) is 32.2. The quantitative estimate of drug-likeness (QED) is 0.0283. The average molecular weight is 753 g/mol. The maximum Gasteiger partial charge on any atom is 0.306 e. The van der Waals surface area contributed by atoms with Gasteiger partial charge in [0.05, 0.1) is 24.9 Å². The van der Waals surface area contributed by atoms with Crippen molar-refractivity contribution in [3.63, 3.8) is 0 Å². The molecular weight excluding hydrogens is 672 g/mol. The van der Waals surface area contributed by atoms with Gasteiger partial charge >= 0.3 is 11.9 Å². The zero-order chi connectivity index (χ0) is 38.8. The fourth-order valence-corrected chi connectivity index (χ4v) is 6.89. The molecule has 1 heterocycles. The Hall–Kier alpha value is -1.78. The first-order chi connectivity index (χ1) is 25.8. The lowest BCUT2D eigenvalue weighted by Gasteiger charge is -2.36. The van der Waals surface area contributed by atoms with Crippen molar-refractivity contribution in [2.24, 2.45) is 5.92 Å². The van der Waals surface area contributed by atoms with Crippen LogP contribution in [0.25, 0.3) is 0 Å². The number of carbonyl (C=O) groups excluding carboxylic acids is 2. The first kappa shape index (κ1) is 49.2. The molecule has 1 saturated heterocycles. The first-order valence-electron chi connectivity index (χ1n) is 21.8. The van der Waals surface area contributed by atoms with Crippen LogP contribution in [0.2, 0.25) is 0 Å². The Labute approximate surface area is 323 Å². The standard InChI is InChI=1S/C44H80O9/c1-3-5-7-8-9-10-11-12-13-14-15-16-17-18-19-20-21-27-31-43(49)52-38(35-45)36-51-42(48)30-26-23-22-25-29-39-40(47)34-44(50)53-41(39)33-32-37(46)28-24-6-4-2/h22,25,32-33,37-41,44-47,50H,3-21,23-24,26-31,34-36H2,1-2H3/b25-22-,33-32+/t37-,38-,39-,40-,41+,44?/m0/s1. The van der Waals surface area contributed by atoms with Crippen molar-refractivity contribution < 1.29 is 44.2 Å². The number of carbonyl (C=O) groups is 2. The zero-order valence-corrected chi connectivity index (χ0v) is 33.8. The fourth-order valence-electron chi connectivity index (χ4n) is 6.89. The van der Waals surface area contributed by atoms with Gasteiger partial charge in [-0.15, -0.1) is 0 Å². The number of esters is 2. The van der Waals surface area contributed by atoms with Crippen LogP contribution in [0.1, 0.15) is 194 Å². The van der Waals surface area contributed by atoms with Gasteiger partial charge in [0.1, 0.15) is 6.61 Å². The molecule has 0 amide bonds. The van der Waals surface area contributed by atoms with E-state index in [0.717, 1.165) is 38.5 Å². The van der Waals surface area contributed by atoms with Gasteiger partial charge < -0.3 is 34.6 Å². The van der Waals surface area contributed by atoms with Crippen molar-refractivity contribution in [2.45, 2.75) is 224 Å². The summed E-state index contributed by atoms with van der Waals surface area (Å²) in [6.07, 6.45) is 32.9. The SMILES string of the molecule is CCCCCCCCCCCCCCCCCCCCC(=O)O[C@@H](CO)COC(=O)CCC/C=C\C[C@H]1[C@@H](O)CC(O)O[C@@H]1/C=C/[C@@H](O)CCCCC. The van der Waals surface area contributed by atoms with Crippen LogP contribution in [0, 0.1) is 5.92 Å². The minimum Gasteiger partial charge on any atom is -0.462 e. The van der Waals surface area contributed by atoms with E-state index in [9.17, 15) is 30.0 Å². The molecule has 0 saturated carbocycles. The van der Waals surface area contributed by atoms with Crippen LogP contribution < -0.4 is 0 Å². The first-order valence-corrected chi connectivity index (χ1v) is 21.8. The van der Waals surface area contributed by atoms with Gasteiger partial charge in [-0.05, 0) is 32.1 Å². The summed E-state index contributed by atoms with van der Waals surface area (Å²) in [7, 11) is 0. The predicted molar refractivity (Wildman–Crippen MR) is 213 cm³/mol. The van der Waals surface area contributed by atoms with Gasteiger partial charge in [0.2, 0.25) is 0 Å². The van der Waals surface area contributed by atoms with Crippen molar-refractivity contribution in [1.82, 2.24) is 0 Å². The third-order valence-electron chi connectivity index (χ3n) is 10.3. The maximum atomic E-state index is 12.3. The van der Waals surface area contributed by atoms with E-state index >= 15 is 0 Å². The Morgan fingerprint density at radius 3 is 1.81 bits per heavy atom. The molecule has 1 aliphatic rings. The molecule has 310 valence electrons. The number of hydrogen-bond donors (Lipinski definition) is 4. The van der Waals surface area contributed by atoms with E-state index in [1.807, 2.05) is 12.2 Å². The fraction of sp³-hybridized carbons (Fsp3) is 0.864. The molecule has 9 nitrogen and oxygen atoms in total. The van der Waals surface area contributed by atoms with E-state index in [1.54, 1.807) is 12.2 Å². The van der Waals surface area contributed by atoms with Crippen LogP contribution >= 0.6 is 0 Å². The molecule has 0 aromatic carbocycles. The Morgan fingerprint density at radius 1 is 0.717 bits per heavy atom. The molecule has 0 aromatic heterocycles. The Bertz CT molecular complexity index is 923. The molecule has 53 heavy (non-hydrogen) atoms. The van der Waals surface area contributed by atoms with Gasteiger partial charge in [-0.2, -0.15) is 0 Å². The number of aliphatic hydroxyl groups excluding tert-OH is 4. The number of ether oxygens (including phenoxy) is 3. The summed E-state index contributed by atoms with van der Waals surface area (Å²) in [4.78, 5) is 24.5. The van der Waals surface area contributed by atoms with E-state index in [1.165, 1.54) is 96.3 Å². The Balaban J connectivity index is 2.09. The van der Waals surface area contributed by atoms with Crippen LogP contribution in [0.4, 0.5) is 0 Å². The lowest BCUT2D eigenvalue weighted by Crippen LogP contribution is -2.43. The number of rotatable bonds is 35. The van der Waals surface area contributed by atoms with Crippen molar-refractivity contribution in [3.05, 3.63) is 24.3 Å². The van der Waals surface area contributed by atoms with Crippen molar-refractivity contribution in [1.29, 1.82) is 0 Å². The smallest absolute Gasteiger partial charge is 0.306 e. The molecule has 6 atom stereocenters. The molecule has 0 bridgehead atoms. The third-order valence-corrected chi connectivity index (χ3v) is 10.3. The largest absolute Gasteiger partial charge is 0.462 e. The normalized spacial score (nSPS) is 20.3. The van der Waals surface area contributed by atoms with E-state index in [4.69, 9.17) is 14.2 Å². The van der Waals surface area contributed by atoms with Gasteiger partial charge in [0.15, 0.2) is 12.4 Å². The van der Waals surface area contributed by atoms with Crippen molar-refractivity contribution in [2.75, 3.05) is 13.2 Å². The summed E-state index contributed by atoms with van der Waals surface area (Å²) in [5, 5.41) is 40.4. The number of hydrogen-bond acceptors (Lipinski definition) is 9. The topological polar surface area (TPSA) is 143 Å². The van der Waals surface area contributed by atoms with Crippen LogP contribution in [-0.4, -0.2) is 76.3 Å². The molecule has 0 aromatic rings. The Morgan fingerprint density at radius 2 is 1.25 bits per heavy atom. The van der Waals surface area contributed by atoms with E-state index in [2.05, 4.69) is 13.8 Å². The molecule has 9 heteroatoms. The molecule has 0 radical (unpaired) electrons. The van der Waals surface area contributed by atoms with Gasteiger partial charge in [-0.3, -0.25) is 9.59 Å². The predicted octanol–water partition coefficient (Wildman–Crippen LogP) is 9.56. The van der Waals surface area contributed by atoms with Crippen molar-refractivity contribution >= 4 is 11.9 Å². The minimum atomic E-state index is -1.05. The van der Waals surface area contributed by atoms with Crippen LogP contribution in [-0.2, 0) is 23.8 Å². The van der Waals surface area contributed by atoms with E-state index < -0.39 is 43.3 Å². The zero-order valence-electron chi connectivity index (χ0n) is 33.8. The minimum absolute atomic E-state index is 0.136. The number of allylic oxidation sites excluding steroid dienone is 2. The molecule has 1 aliphatic heterocycles. The average Bonchev–Trinajstić information content (AvgIpc) is 3.14. The van der Waals surface area contributed by atoms with Crippen molar-refractivity contribution in [3.8, 4) is 0 Å². The molecule has 0 spiro atoms. The highest BCUT2D eigenvalue weighted by atomic mass is 16.6. The summed E-state index contributed by atoms with van der Waals surface area (Å²) in [5.74, 6) is -1.04. The highest BCUT2D eigenvalue weighted by Gasteiger charge is 2.35. The molecular formula is C44H80O9. The monoisotopic (exact) mass is 753 g/mol. The summed E-state index contributed by atoms with van der Waals surface area (Å²) in [6, 6.07) is 0. The van der Waals surface area contributed by atoms with Crippen LogP contribution in [0.3, 0.4) is 0 Å². The summed E-state index contributed by atoms with van der Waals surface area (Å²) < 4.78 is 16.2. The molecule has 1 fully saturated rings. The van der Waals surface area contributed by atoms with E-state index in [0.29, 0.717) is 32.1 Å². The summed E-state index contributed by atoms with van der Waals surface area (Å²) in [5.41, 5.74) is 0. The highest BCUT2D eigenvalue weighted by molar-refractivity contribution is 5.70. The summed E-state index contributed by atoms with van der Waals surface area (Å²) >= 11 is 0. The van der Waals surface area contributed by atoms with Crippen LogP contribution in [0.5, 0.6) is 0 Å². The molecule has 0 aliphatic carbocycles. The van der Waals surface area contributed by atoms with Gasteiger partial charge in [0, 0.05) is 25.2 Å². The number of aliphatic hydroxyl groups is 4. The van der Waals surface area contributed by atoms with Crippen LogP contribution in [0.15, 0.2) is 24.3 Å². The molecule has 1 rings (SSSR count).